The molecule has 6 heteroatoms. The number of fused-ring (bicyclic) bond motifs is 1. The standard InChI is InChI=1S/C18H24BrN3O2/c1-10(2)16-15(19)17(21-20-16)18(23)22(4)11(3)14-9-12-7-5-6-8-13(12)24-14/h5-11,15-17,20-21H,1-4H3. The van der Waals surface area contributed by atoms with Gasteiger partial charge in [0.05, 0.1) is 10.9 Å². The molecule has 2 N–H and O–H groups in total. The van der Waals surface area contributed by atoms with E-state index in [2.05, 4.69) is 40.6 Å². The number of hydrogen-bond donors (Lipinski definition) is 2. The average Bonchev–Trinajstić information content (AvgIpc) is 3.16. The second-order valence-corrected chi connectivity index (χ2v) is 7.85. The lowest BCUT2D eigenvalue weighted by molar-refractivity contribution is -0.133. The van der Waals surface area contributed by atoms with Crippen molar-refractivity contribution in [1.82, 2.24) is 15.8 Å². The maximum absolute atomic E-state index is 12.9. The second kappa shape index (κ2) is 6.86. The van der Waals surface area contributed by atoms with Gasteiger partial charge in [-0.3, -0.25) is 10.2 Å². The Labute approximate surface area is 150 Å². The summed E-state index contributed by atoms with van der Waals surface area (Å²) in [5.74, 6) is 1.27. The smallest absolute Gasteiger partial charge is 0.242 e. The van der Waals surface area contributed by atoms with E-state index in [-0.39, 0.29) is 28.9 Å². The fraction of sp³-hybridized carbons (Fsp3) is 0.500. The summed E-state index contributed by atoms with van der Waals surface area (Å²) in [7, 11) is 1.82. The average molecular weight is 394 g/mol. The number of alkyl halides is 1. The molecule has 1 aromatic heterocycles. The van der Waals surface area contributed by atoms with Crippen LogP contribution in [-0.4, -0.2) is 34.8 Å². The van der Waals surface area contributed by atoms with Crippen LogP contribution in [0.4, 0.5) is 0 Å². The van der Waals surface area contributed by atoms with Gasteiger partial charge in [-0.25, -0.2) is 5.43 Å². The number of rotatable bonds is 4. The minimum absolute atomic E-state index is 0.0421. The summed E-state index contributed by atoms with van der Waals surface area (Å²) >= 11 is 3.68. The Balaban J connectivity index is 1.75. The maximum atomic E-state index is 12.9. The Morgan fingerprint density at radius 3 is 2.58 bits per heavy atom. The molecule has 5 nitrogen and oxygen atoms in total. The van der Waals surface area contributed by atoms with Crippen LogP contribution >= 0.6 is 15.9 Å². The molecule has 0 spiro atoms. The zero-order chi connectivity index (χ0) is 17.4. The second-order valence-electron chi connectivity index (χ2n) is 6.79. The third-order valence-corrected chi connectivity index (χ3v) is 5.93. The number of carbonyl (C=O) groups is 1. The number of nitrogens with one attached hydrogen (secondary N) is 2. The zero-order valence-electron chi connectivity index (χ0n) is 14.4. The predicted molar refractivity (Wildman–Crippen MR) is 98.8 cm³/mol. The highest BCUT2D eigenvalue weighted by Crippen LogP contribution is 2.29. The van der Waals surface area contributed by atoms with Gasteiger partial charge in [-0.1, -0.05) is 48.0 Å². The lowest BCUT2D eigenvalue weighted by Gasteiger charge is -2.27. The first-order chi connectivity index (χ1) is 11.4. The largest absolute Gasteiger partial charge is 0.459 e. The van der Waals surface area contributed by atoms with E-state index in [0.29, 0.717) is 5.92 Å². The minimum Gasteiger partial charge on any atom is -0.459 e. The molecule has 4 unspecified atom stereocenters. The summed E-state index contributed by atoms with van der Waals surface area (Å²) < 4.78 is 5.91. The van der Waals surface area contributed by atoms with Gasteiger partial charge < -0.3 is 9.32 Å². The molecule has 0 aliphatic carbocycles. The van der Waals surface area contributed by atoms with Crippen molar-refractivity contribution in [3.05, 3.63) is 36.1 Å². The highest BCUT2D eigenvalue weighted by Gasteiger charge is 2.41. The number of furan rings is 1. The maximum Gasteiger partial charge on any atom is 0.242 e. The van der Waals surface area contributed by atoms with E-state index >= 15 is 0 Å². The van der Waals surface area contributed by atoms with E-state index in [1.54, 1.807) is 4.90 Å². The monoisotopic (exact) mass is 393 g/mol. The number of hydrazine groups is 1. The van der Waals surface area contributed by atoms with Crippen LogP contribution in [0.25, 0.3) is 11.0 Å². The highest BCUT2D eigenvalue weighted by atomic mass is 79.9. The van der Waals surface area contributed by atoms with E-state index in [4.69, 9.17) is 4.42 Å². The molecule has 4 atom stereocenters. The Bertz CT molecular complexity index is 697. The molecule has 1 aliphatic heterocycles. The first-order valence-corrected chi connectivity index (χ1v) is 9.22. The van der Waals surface area contributed by atoms with Gasteiger partial charge in [-0.15, -0.1) is 0 Å². The van der Waals surface area contributed by atoms with Crippen LogP contribution in [0.3, 0.4) is 0 Å². The Morgan fingerprint density at radius 2 is 1.96 bits per heavy atom. The first-order valence-electron chi connectivity index (χ1n) is 8.30. The number of carbonyl (C=O) groups excluding carboxylic acids is 1. The van der Waals surface area contributed by atoms with Crippen LogP contribution in [0.15, 0.2) is 34.7 Å². The quantitative estimate of drug-likeness (QED) is 0.782. The van der Waals surface area contributed by atoms with Crippen LogP contribution in [0.5, 0.6) is 0 Å². The van der Waals surface area contributed by atoms with Crippen molar-refractivity contribution in [1.29, 1.82) is 0 Å². The molecule has 1 amide bonds. The van der Waals surface area contributed by atoms with Crippen molar-refractivity contribution in [2.45, 2.75) is 43.7 Å². The van der Waals surface area contributed by atoms with E-state index in [1.807, 2.05) is 44.3 Å². The molecule has 130 valence electrons. The number of hydrogen-bond acceptors (Lipinski definition) is 4. The summed E-state index contributed by atoms with van der Waals surface area (Å²) in [5.41, 5.74) is 7.20. The van der Waals surface area contributed by atoms with Crippen LogP contribution in [0.2, 0.25) is 0 Å². The van der Waals surface area contributed by atoms with Gasteiger partial charge in [-0.05, 0) is 25.0 Å². The van der Waals surface area contributed by atoms with Crippen LogP contribution < -0.4 is 10.9 Å². The molecule has 1 fully saturated rings. The van der Waals surface area contributed by atoms with Gasteiger partial charge in [0.25, 0.3) is 0 Å². The Morgan fingerprint density at radius 1 is 1.25 bits per heavy atom. The fourth-order valence-corrected chi connectivity index (χ4v) is 4.20. The third kappa shape index (κ3) is 3.10. The van der Waals surface area contributed by atoms with Crippen molar-refractivity contribution in [2.24, 2.45) is 5.92 Å². The summed E-state index contributed by atoms with van der Waals surface area (Å²) in [4.78, 5) is 14.7. The zero-order valence-corrected chi connectivity index (χ0v) is 16.0. The van der Waals surface area contributed by atoms with Crippen molar-refractivity contribution >= 4 is 32.8 Å². The molecule has 2 heterocycles. The lowest BCUT2D eigenvalue weighted by Crippen LogP contribution is -2.47. The molecular formula is C18H24BrN3O2. The Hall–Kier alpha value is -1.37. The number of nitrogens with zero attached hydrogens (tertiary/aromatic N) is 1. The lowest BCUT2D eigenvalue weighted by atomic mass is 9.98. The predicted octanol–water partition coefficient (Wildman–Crippen LogP) is 3.22. The van der Waals surface area contributed by atoms with Crippen molar-refractivity contribution in [3.63, 3.8) is 0 Å². The fourth-order valence-electron chi connectivity index (χ4n) is 3.09. The first kappa shape index (κ1) is 17.5. The third-order valence-electron chi connectivity index (χ3n) is 4.84. The number of likely N-dealkylation sites (N-methyl/N-ethyl adjacent to an activating group) is 1. The van der Waals surface area contributed by atoms with Gasteiger partial charge >= 0.3 is 0 Å². The number of para-hydroxylation sites is 1. The molecule has 24 heavy (non-hydrogen) atoms. The molecule has 0 saturated carbocycles. The summed E-state index contributed by atoms with van der Waals surface area (Å²) in [6.45, 7) is 6.27. The molecule has 0 bridgehead atoms. The summed E-state index contributed by atoms with van der Waals surface area (Å²) in [6, 6.07) is 9.68. The summed E-state index contributed by atoms with van der Waals surface area (Å²) in [6.07, 6.45) is 0. The normalized spacial score (nSPS) is 25.3. The molecule has 3 rings (SSSR count). The van der Waals surface area contributed by atoms with E-state index in [9.17, 15) is 4.79 Å². The molecule has 1 aromatic carbocycles. The minimum atomic E-state index is -0.297. The van der Waals surface area contributed by atoms with E-state index in [0.717, 1.165) is 16.7 Å². The highest BCUT2D eigenvalue weighted by molar-refractivity contribution is 9.09. The van der Waals surface area contributed by atoms with Gasteiger partial charge in [0.1, 0.15) is 17.4 Å². The van der Waals surface area contributed by atoms with Crippen LogP contribution in [-0.2, 0) is 4.79 Å². The van der Waals surface area contributed by atoms with Gasteiger partial charge in [0.15, 0.2) is 0 Å². The molecule has 1 aliphatic rings. The number of benzene rings is 1. The van der Waals surface area contributed by atoms with Gasteiger partial charge in [-0.2, -0.15) is 0 Å². The Kier molecular flexibility index (Phi) is 4.99. The molecular weight excluding hydrogens is 370 g/mol. The number of halogens is 1. The van der Waals surface area contributed by atoms with Crippen molar-refractivity contribution in [3.8, 4) is 0 Å². The summed E-state index contributed by atoms with van der Waals surface area (Å²) in [5, 5.41) is 1.05. The van der Waals surface area contributed by atoms with Crippen LogP contribution in [0, 0.1) is 5.92 Å². The van der Waals surface area contributed by atoms with Crippen LogP contribution in [0.1, 0.15) is 32.6 Å². The van der Waals surface area contributed by atoms with E-state index < -0.39 is 0 Å². The molecule has 2 aromatic rings. The van der Waals surface area contributed by atoms with Crippen molar-refractivity contribution in [2.75, 3.05) is 7.05 Å². The topological polar surface area (TPSA) is 57.5 Å². The number of amides is 1. The van der Waals surface area contributed by atoms with Gasteiger partial charge in [0.2, 0.25) is 5.91 Å². The molecule has 0 radical (unpaired) electrons. The molecule has 1 saturated heterocycles. The van der Waals surface area contributed by atoms with Crippen molar-refractivity contribution < 1.29 is 9.21 Å². The van der Waals surface area contributed by atoms with E-state index in [1.165, 1.54) is 0 Å². The van der Waals surface area contributed by atoms with Gasteiger partial charge in [0, 0.05) is 18.5 Å². The SMILES string of the molecule is CC(C)C1NNC(C(=O)N(C)C(C)c2cc3ccccc3o2)C1Br.